The van der Waals surface area contributed by atoms with Gasteiger partial charge in [-0.05, 0) is 34.9 Å². The van der Waals surface area contributed by atoms with Crippen molar-refractivity contribution in [3.05, 3.63) is 100 Å². The lowest BCUT2D eigenvalue weighted by Gasteiger charge is -2.14. The highest BCUT2D eigenvalue weighted by molar-refractivity contribution is 8.27. The fourth-order valence-electron chi connectivity index (χ4n) is 2.89. The van der Waals surface area contributed by atoms with Crippen molar-refractivity contribution in [1.82, 2.24) is 5.32 Å². The topological polar surface area (TPSA) is 30.5 Å². The molecule has 1 aliphatic heterocycles. The van der Waals surface area contributed by atoms with Crippen LogP contribution in [0.2, 0.25) is 0 Å². The minimum absolute atomic E-state index is 0.460. The molecule has 1 heterocycles. The minimum Gasteiger partial charge on any atom is -0.485 e. The molecule has 4 rings (SSSR count). The first-order valence-electron chi connectivity index (χ1n) is 9.40. The van der Waals surface area contributed by atoms with E-state index in [4.69, 9.17) is 33.9 Å². The average molecular weight is 450 g/mol. The smallest absolute Gasteiger partial charge is 0.162 e. The molecule has 0 atom stereocenters. The predicted octanol–water partition coefficient (Wildman–Crippen LogP) is 6.13. The summed E-state index contributed by atoms with van der Waals surface area (Å²) in [5, 5.41) is 3.00. The normalized spacial score (nSPS) is 14.6. The molecule has 1 N–H and O–H groups in total. The molecular weight excluding hydrogens is 430 g/mol. The quantitative estimate of drug-likeness (QED) is 0.345. The van der Waals surface area contributed by atoms with Gasteiger partial charge in [-0.15, -0.1) is 0 Å². The molecule has 3 aromatic rings. The van der Waals surface area contributed by atoms with Crippen LogP contribution in [-0.2, 0) is 13.2 Å². The van der Waals surface area contributed by atoms with Gasteiger partial charge in [-0.25, -0.2) is 0 Å². The van der Waals surface area contributed by atoms with Gasteiger partial charge in [-0.3, -0.25) is 0 Å². The largest absolute Gasteiger partial charge is 0.485 e. The molecule has 3 nitrogen and oxygen atoms in total. The van der Waals surface area contributed by atoms with Gasteiger partial charge in [0.25, 0.3) is 0 Å². The van der Waals surface area contributed by atoms with E-state index in [2.05, 4.69) is 5.32 Å². The molecule has 0 saturated carbocycles. The van der Waals surface area contributed by atoms with Crippen molar-refractivity contribution in [3.63, 3.8) is 0 Å². The van der Waals surface area contributed by atoms with Gasteiger partial charge in [0.05, 0.1) is 0 Å². The van der Waals surface area contributed by atoms with Gasteiger partial charge in [0.1, 0.15) is 22.5 Å². The highest BCUT2D eigenvalue weighted by atomic mass is 32.2. The molecule has 0 aromatic heterocycles. The van der Waals surface area contributed by atoms with E-state index in [9.17, 15) is 0 Å². The van der Waals surface area contributed by atoms with E-state index >= 15 is 0 Å². The number of rotatable bonds is 7. The molecule has 1 fully saturated rings. The highest BCUT2D eigenvalue weighted by Crippen LogP contribution is 2.33. The van der Waals surface area contributed by atoms with Crippen molar-refractivity contribution in [2.45, 2.75) is 13.2 Å². The summed E-state index contributed by atoms with van der Waals surface area (Å²) >= 11 is 12.0. The first-order valence-corrected chi connectivity index (χ1v) is 11.0. The molecule has 150 valence electrons. The number of nitrogens with one attached hydrogen (secondary N) is 1. The maximum Gasteiger partial charge on any atom is 0.162 e. The summed E-state index contributed by atoms with van der Waals surface area (Å²) in [4.78, 5) is 1.59. The molecule has 0 unspecified atom stereocenters. The SMILES string of the molecule is S=C1NC(=S)C(=Cc2ccc(OCc3ccccc3)c(OCc3ccccc3)c2)S1. The van der Waals surface area contributed by atoms with Crippen molar-refractivity contribution < 1.29 is 9.47 Å². The van der Waals surface area contributed by atoms with Crippen LogP contribution in [0, 0.1) is 0 Å². The Kier molecular flexibility index (Phi) is 6.79. The van der Waals surface area contributed by atoms with Crippen molar-refractivity contribution in [2.24, 2.45) is 0 Å². The molecular formula is C24H19NO2S3. The van der Waals surface area contributed by atoms with E-state index in [0.717, 1.165) is 21.6 Å². The predicted molar refractivity (Wildman–Crippen MR) is 132 cm³/mol. The van der Waals surface area contributed by atoms with Crippen molar-refractivity contribution >= 4 is 51.6 Å². The van der Waals surface area contributed by atoms with Gasteiger partial charge >= 0.3 is 0 Å². The Labute approximate surface area is 191 Å². The summed E-state index contributed by atoms with van der Waals surface area (Å²) in [6, 6.07) is 26.0. The van der Waals surface area contributed by atoms with E-state index in [1.165, 1.54) is 11.8 Å². The Bertz CT molecular complexity index is 1080. The van der Waals surface area contributed by atoms with Gasteiger partial charge in [0, 0.05) is 4.91 Å². The van der Waals surface area contributed by atoms with Crippen LogP contribution in [0.4, 0.5) is 0 Å². The maximum atomic E-state index is 6.13. The fourth-order valence-corrected chi connectivity index (χ4v) is 4.37. The molecule has 3 aromatic carbocycles. The van der Waals surface area contributed by atoms with Crippen LogP contribution in [0.25, 0.3) is 6.08 Å². The highest BCUT2D eigenvalue weighted by Gasteiger charge is 2.18. The number of hydrogen-bond acceptors (Lipinski definition) is 5. The Hall–Kier alpha value is -2.67. The molecule has 6 heteroatoms. The molecule has 0 bridgehead atoms. The third kappa shape index (κ3) is 5.48. The molecule has 0 radical (unpaired) electrons. The Morgan fingerprint density at radius 2 is 1.37 bits per heavy atom. The summed E-state index contributed by atoms with van der Waals surface area (Å²) < 4.78 is 12.9. The summed E-state index contributed by atoms with van der Waals surface area (Å²) in [7, 11) is 0. The lowest BCUT2D eigenvalue weighted by molar-refractivity contribution is 0.256. The standard InChI is InChI=1S/C24H19NO2S3/c28-23-22(30-24(29)25-23)14-19-11-12-20(26-15-17-7-3-1-4-8-17)21(13-19)27-16-18-9-5-2-6-10-18/h1-14H,15-16H2,(H,25,28,29). The Morgan fingerprint density at radius 3 is 1.93 bits per heavy atom. The van der Waals surface area contributed by atoms with Gasteiger partial charge in [0.15, 0.2) is 11.5 Å². The first kappa shape index (κ1) is 20.6. The number of ether oxygens (including phenoxy) is 2. The minimum atomic E-state index is 0.460. The molecule has 1 saturated heterocycles. The zero-order valence-corrected chi connectivity index (χ0v) is 18.5. The molecule has 1 aliphatic rings. The molecule has 30 heavy (non-hydrogen) atoms. The second-order valence-corrected chi connectivity index (χ2v) is 8.73. The maximum absolute atomic E-state index is 6.13. The lowest BCUT2D eigenvalue weighted by Crippen LogP contribution is -2.15. The fraction of sp³-hybridized carbons (Fsp3) is 0.0833. The Balaban J connectivity index is 1.57. The van der Waals surface area contributed by atoms with E-state index in [-0.39, 0.29) is 0 Å². The van der Waals surface area contributed by atoms with E-state index in [1.807, 2.05) is 84.9 Å². The third-order valence-electron chi connectivity index (χ3n) is 4.38. The monoisotopic (exact) mass is 449 g/mol. The van der Waals surface area contributed by atoms with Crippen molar-refractivity contribution in [2.75, 3.05) is 0 Å². The zero-order valence-electron chi connectivity index (χ0n) is 16.0. The van der Waals surface area contributed by atoms with Crippen LogP contribution in [0.15, 0.2) is 83.8 Å². The Morgan fingerprint density at radius 1 is 0.767 bits per heavy atom. The van der Waals surface area contributed by atoms with E-state index < -0.39 is 0 Å². The van der Waals surface area contributed by atoms with Crippen LogP contribution < -0.4 is 14.8 Å². The zero-order chi connectivity index (χ0) is 20.8. The second-order valence-electron chi connectivity index (χ2n) is 6.61. The second kappa shape index (κ2) is 9.89. The third-order valence-corrected chi connectivity index (χ3v) is 6.01. The van der Waals surface area contributed by atoms with Crippen LogP contribution in [0.1, 0.15) is 16.7 Å². The molecule has 0 spiro atoms. The summed E-state index contributed by atoms with van der Waals surface area (Å²) in [6.07, 6.45) is 2.01. The van der Waals surface area contributed by atoms with Gasteiger partial charge in [-0.1, -0.05) is 103 Å². The van der Waals surface area contributed by atoms with Crippen LogP contribution in [-0.4, -0.2) is 9.31 Å². The number of thiocarbonyl (C=S) groups is 2. The summed E-state index contributed by atoms with van der Waals surface area (Å²) in [6.45, 7) is 0.933. The van der Waals surface area contributed by atoms with Crippen LogP contribution in [0.3, 0.4) is 0 Å². The van der Waals surface area contributed by atoms with E-state index in [1.54, 1.807) is 0 Å². The summed E-state index contributed by atoms with van der Waals surface area (Å²) in [5.41, 5.74) is 3.17. The number of hydrogen-bond donors (Lipinski definition) is 1. The van der Waals surface area contributed by atoms with E-state index in [0.29, 0.717) is 34.0 Å². The summed E-state index contributed by atoms with van der Waals surface area (Å²) in [5.74, 6) is 1.39. The van der Waals surface area contributed by atoms with Crippen molar-refractivity contribution in [1.29, 1.82) is 0 Å². The number of benzene rings is 3. The van der Waals surface area contributed by atoms with Gasteiger partial charge in [-0.2, -0.15) is 0 Å². The molecule has 0 amide bonds. The number of thioether (sulfide) groups is 1. The van der Waals surface area contributed by atoms with Crippen LogP contribution >= 0.6 is 36.2 Å². The first-order chi connectivity index (χ1) is 14.7. The van der Waals surface area contributed by atoms with Gasteiger partial charge < -0.3 is 14.8 Å². The lowest BCUT2D eigenvalue weighted by atomic mass is 10.1. The molecule has 0 aliphatic carbocycles. The average Bonchev–Trinajstić information content (AvgIpc) is 3.09. The van der Waals surface area contributed by atoms with Crippen molar-refractivity contribution in [3.8, 4) is 11.5 Å². The van der Waals surface area contributed by atoms with Crippen LogP contribution in [0.5, 0.6) is 11.5 Å². The van der Waals surface area contributed by atoms with Gasteiger partial charge in [0.2, 0.25) is 0 Å².